The minimum absolute atomic E-state index is 0.0809. The van der Waals surface area contributed by atoms with E-state index in [0.29, 0.717) is 18.8 Å². The highest BCUT2D eigenvalue weighted by Crippen LogP contribution is 2.28. The summed E-state index contributed by atoms with van der Waals surface area (Å²) in [6, 6.07) is 7.76. The molecule has 0 aliphatic carbocycles. The molecule has 6 nitrogen and oxygen atoms in total. The van der Waals surface area contributed by atoms with Crippen molar-refractivity contribution >= 4 is 22.5 Å². The number of ether oxygens (including phenoxy) is 1. The van der Waals surface area contributed by atoms with Crippen molar-refractivity contribution in [2.24, 2.45) is 0 Å². The quantitative estimate of drug-likeness (QED) is 0.878. The average molecular weight is 339 g/mol. The van der Waals surface area contributed by atoms with Gasteiger partial charge in [-0.15, -0.1) is 0 Å². The second-order valence-electron chi connectivity index (χ2n) is 5.74. The molecule has 0 aromatic heterocycles. The Kier molecular flexibility index (Phi) is 6.27. The molecule has 7 heteroatoms. The highest BCUT2D eigenvalue weighted by atomic mass is 32.2. The van der Waals surface area contributed by atoms with E-state index in [9.17, 15) is 9.00 Å². The zero-order valence-electron chi connectivity index (χ0n) is 13.9. The van der Waals surface area contributed by atoms with Crippen molar-refractivity contribution in [2.45, 2.75) is 13.0 Å². The number of nitrogens with zero attached hydrogens (tertiary/aromatic N) is 2. The first-order valence-electron chi connectivity index (χ1n) is 7.74. The molecule has 0 bridgehead atoms. The second kappa shape index (κ2) is 8.19. The molecule has 1 aromatic carbocycles. The van der Waals surface area contributed by atoms with Crippen LogP contribution in [0.3, 0.4) is 0 Å². The number of methoxy groups -OCH3 is 1. The smallest absolute Gasteiger partial charge is 0.317 e. The van der Waals surface area contributed by atoms with Gasteiger partial charge in [0.15, 0.2) is 0 Å². The van der Waals surface area contributed by atoms with Gasteiger partial charge in [0.1, 0.15) is 5.75 Å². The third-order valence-corrected chi connectivity index (χ3v) is 4.82. The lowest BCUT2D eigenvalue weighted by Crippen LogP contribution is -2.53. The first-order chi connectivity index (χ1) is 11.0. The first-order valence-corrected chi connectivity index (χ1v) is 9.47. The molecule has 0 saturated carbocycles. The van der Waals surface area contributed by atoms with Crippen molar-refractivity contribution in [1.29, 1.82) is 0 Å². The Labute approximate surface area is 140 Å². The number of para-hydroxylation sites is 2. The summed E-state index contributed by atoms with van der Waals surface area (Å²) in [7, 11) is 0.761. The molecule has 0 spiro atoms. The number of hydrogen-bond acceptors (Lipinski definition) is 4. The molecule has 2 atom stereocenters. The first kappa shape index (κ1) is 17.6. The highest BCUT2D eigenvalue weighted by molar-refractivity contribution is 7.84. The molecule has 1 N–H and O–H groups in total. The molecule has 1 saturated heterocycles. The minimum Gasteiger partial charge on any atom is -0.495 e. The van der Waals surface area contributed by atoms with Gasteiger partial charge >= 0.3 is 6.03 Å². The Morgan fingerprint density at radius 3 is 2.57 bits per heavy atom. The predicted octanol–water partition coefficient (Wildman–Crippen LogP) is 1.29. The number of anilines is 1. The van der Waals surface area contributed by atoms with E-state index < -0.39 is 10.8 Å². The zero-order chi connectivity index (χ0) is 16.8. The fraction of sp³-hybridized carbons (Fsp3) is 0.562. The highest BCUT2D eigenvalue weighted by Gasteiger charge is 2.23. The lowest BCUT2D eigenvalue weighted by atomic mass is 10.2. The summed E-state index contributed by atoms with van der Waals surface area (Å²) in [5, 5.41) is 2.91. The lowest BCUT2D eigenvalue weighted by molar-refractivity contribution is 0.192. The molecule has 1 aromatic rings. The Balaban J connectivity index is 1.88. The van der Waals surface area contributed by atoms with Gasteiger partial charge in [-0.2, -0.15) is 0 Å². The van der Waals surface area contributed by atoms with E-state index in [1.807, 2.05) is 31.2 Å². The molecular formula is C16H25N3O3S. The molecule has 128 valence electrons. The molecule has 1 aliphatic heterocycles. The molecule has 23 heavy (non-hydrogen) atoms. The lowest BCUT2D eigenvalue weighted by Gasteiger charge is -2.37. The van der Waals surface area contributed by atoms with Crippen molar-refractivity contribution in [3.8, 4) is 5.75 Å². The third kappa shape index (κ3) is 4.86. The van der Waals surface area contributed by atoms with E-state index in [4.69, 9.17) is 4.74 Å². The number of piperazine rings is 1. The van der Waals surface area contributed by atoms with Crippen LogP contribution in [-0.4, -0.2) is 66.5 Å². The standard InChI is InChI=1S/C16H25N3O3S/c1-13(12-23(3)21)17-16(20)19-10-8-18(9-11-19)14-6-4-5-7-15(14)22-2/h4-7,13H,8-12H2,1-3H3,(H,17,20). The number of rotatable bonds is 5. The van der Waals surface area contributed by atoms with E-state index >= 15 is 0 Å². The van der Waals surface area contributed by atoms with Gasteiger partial charge in [0.05, 0.1) is 12.8 Å². The zero-order valence-corrected chi connectivity index (χ0v) is 14.8. The van der Waals surface area contributed by atoms with Crippen LogP contribution in [-0.2, 0) is 10.8 Å². The number of carbonyl (C=O) groups excluding carboxylic acids is 1. The normalized spacial score (nSPS) is 17.5. The number of carbonyl (C=O) groups is 1. The van der Waals surface area contributed by atoms with Crippen LogP contribution in [0.2, 0.25) is 0 Å². The molecular weight excluding hydrogens is 314 g/mol. The maximum absolute atomic E-state index is 12.2. The average Bonchev–Trinajstić information content (AvgIpc) is 2.54. The number of nitrogens with one attached hydrogen (secondary N) is 1. The minimum atomic E-state index is -0.907. The van der Waals surface area contributed by atoms with Gasteiger partial charge in [-0.1, -0.05) is 12.1 Å². The van der Waals surface area contributed by atoms with Gasteiger partial charge in [0, 0.05) is 55.0 Å². The van der Waals surface area contributed by atoms with Gasteiger partial charge in [-0.3, -0.25) is 4.21 Å². The Morgan fingerprint density at radius 1 is 1.30 bits per heavy atom. The number of urea groups is 1. The van der Waals surface area contributed by atoms with Crippen LogP contribution >= 0.6 is 0 Å². The topological polar surface area (TPSA) is 61.9 Å². The van der Waals surface area contributed by atoms with Crippen LogP contribution in [0.1, 0.15) is 6.92 Å². The summed E-state index contributed by atoms with van der Waals surface area (Å²) >= 11 is 0. The van der Waals surface area contributed by atoms with Crippen LogP contribution in [0.4, 0.5) is 10.5 Å². The van der Waals surface area contributed by atoms with Crippen LogP contribution in [0, 0.1) is 0 Å². The van der Waals surface area contributed by atoms with E-state index in [1.54, 1.807) is 18.3 Å². The van der Waals surface area contributed by atoms with Gasteiger partial charge < -0.3 is 19.9 Å². The van der Waals surface area contributed by atoms with Crippen molar-refractivity contribution in [3.63, 3.8) is 0 Å². The molecule has 2 rings (SSSR count). The Bertz CT molecular complexity index is 559. The fourth-order valence-corrected chi connectivity index (χ4v) is 3.52. The monoisotopic (exact) mass is 339 g/mol. The summed E-state index contributed by atoms with van der Waals surface area (Å²) < 4.78 is 16.6. The maximum Gasteiger partial charge on any atom is 0.317 e. The maximum atomic E-state index is 12.2. The molecule has 0 radical (unpaired) electrons. The third-order valence-electron chi connectivity index (χ3n) is 3.85. The SMILES string of the molecule is COc1ccccc1N1CCN(C(=O)NC(C)CS(C)=O)CC1. The molecule has 1 aliphatic rings. The van der Waals surface area contributed by atoms with Crippen molar-refractivity contribution in [3.05, 3.63) is 24.3 Å². The van der Waals surface area contributed by atoms with E-state index in [0.717, 1.165) is 24.5 Å². The number of hydrogen-bond donors (Lipinski definition) is 1. The van der Waals surface area contributed by atoms with E-state index in [2.05, 4.69) is 10.2 Å². The summed E-state index contributed by atoms with van der Waals surface area (Å²) in [5.41, 5.74) is 1.06. The van der Waals surface area contributed by atoms with Crippen molar-refractivity contribution < 1.29 is 13.7 Å². The molecule has 1 fully saturated rings. The van der Waals surface area contributed by atoms with Crippen LogP contribution in [0.15, 0.2) is 24.3 Å². The Hall–Kier alpha value is -1.76. The van der Waals surface area contributed by atoms with Crippen LogP contribution in [0.25, 0.3) is 0 Å². The summed E-state index contributed by atoms with van der Waals surface area (Å²) in [5.74, 6) is 1.33. The van der Waals surface area contributed by atoms with Gasteiger partial charge in [-0.25, -0.2) is 4.79 Å². The van der Waals surface area contributed by atoms with Crippen molar-refractivity contribution in [2.75, 3.05) is 50.2 Å². The van der Waals surface area contributed by atoms with E-state index in [-0.39, 0.29) is 12.1 Å². The summed E-state index contributed by atoms with van der Waals surface area (Å²) in [6.45, 7) is 4.73. The van der Waals surface area contributed by atoms with Crippen LogP contribution in [0.5, 0.6) is 5.75 Å². The van der Waals surface area contributed by atoms with Crippen LogP contribution < -0.4 is 15.0 Å². The number of benzene rings is 1. The largest absolute Gasteiger partial charge is 0.495 e. The molecule has 1 heterocycles. The van der Waals surface area contributed by atoms with Gasteiger partial charge in [-0.05, 0) is 19.1 Å². The Morgan fingerprint density at radius 2 is 1.96 bits per heavy atom. The summed E-state index contributed by atoms with van der Waals surface area (Å²) in [6.07, 6.45) is 1.65. The second-order valence-corrected chi connectivity index (χ2v) is 7.22. The van der Waals surface area contributed by atoms with Gasteiger partial charge in [0.25, 0.3) is 0 Å². The van der Waals surface area contributed by atoms with Crippen molar-refractivity contribution in [1.82, 2.24) is 10.2 Å². The van der Waals surface area contributed by atoms with E-state index in [1.165, 1.54) is 0 Å². The fourth-order valence-electron chi connectivity index (χ4n) is 2.74. The number of amides is 2. The molecule has 2 amide bonds. The van der Waals surface area contributed by atoms with Gasteiger partial charge in [0.2, 0.25) is 0 Å². The summed E-state index contributed by atoms with van der Waals surface area (Å²) in [4.78, 5) is 16.3. The molecule has 2 unspecified atom stereocenters. The predicted molar refractivity (Wildman–Crippen MR) is 93.7 cm³/mol.